The highest BCUT2D eigenvalue weighted by Gasteiger charge is 2.20. The van der Waals surface area contributed by atoms with Gasteiger partial charge < -0.3 is 11.1 Å². The van der Waals surface area contributed by atoms with E-state index in [1.165, 1.54) is 12.1 Å². The number of nitrogens with two attached hydrogens (primary N) is 1. The molecule has 3 aromatic rings. The number of amides is 2. The molecule has 0 spiro atoms. The zero-order valence-electron chi connectivity index (χ0n) is 15.5. The predicted octanol–water partition coefficient (Wildman–Crippen LogP) is 2.88. The van der Waals surface area contributed by atoms with Crippen molar-refractivity contribution in [1.29, 1.82) is 0 Å². The number of ketones is 1. The molecular weight excluding hydrogens is 371 g/mol. The second-order valence-electron chi connectivity index (χ2n) is 6.53. The number of hydrogen-bond acceptors (Lipinski definition) is 3. The van der Waals surface area contributed by atoms with Gasteiger partial charge in [-0.15, -0.1) is 0 Å². The molecule has 0 radical (unpaired) electrons. The number of hydrogen-bond donors (Lipinski definition) is 2. The third-order valence-corrected chi connectivity index (χ3v) is 4.45. The Kier molecular flexibility index (Phi) is 6.14. The third kappa shape index (κ3) is 5.13. The van der Waals surface area contributed by atoms with Gasteiger partial charge in [0.2, 0.25) is 5.91 Å². The number of nitrogens with one attached hydrogen (secondary N) is 1. The van der Waals surface area contributed by atoms with Gasteiger partial charge in [-0.25, -0.2) is 4.39 Å². The van der Waals surface area contributed by atoms with E-state index in [4.69, 9.17) is 5.73 Å². The first-order chi connectivity index (χ1) is 13.9. The van der Waals surface area contributed by atoms with Gasteiger partial charge in [0.05, 0.1) is 0 Å². The smallest absolute Gasteiger partial charge is 0.251 e. The van der Waals surface area contributed by atoms with E-state index in [1.54, 1.807) is 48.5 Å². The van der Waals surface area contributed by atoms with E-state index in [-0.39, 0.29) is 17.8 Å². The lowest BCUT2D eigenvalue weighted by Gasteiger charge is -2.16. The summed E-state index contributed by atoms with van der Waals surface area (Å²) >= 11 is 0. The molecule has 0 saturated heterocycles. The quantitative estimate of drug-likeness (QED) is 0.608. The summed E-state index contributed by atoms with van der Waals surface area (Å²) in [6, 6.07) is 19.7. The fraction of sp³-hybridized carbons (Fsp3) is 0.0870. The molecule has 146 valence electrons. The molecule has 3 N–H and O–H groups in total. The fourth-order valence-electron chi connectivity index (χ4n) is 2.85. The summed E-state index contributed by atoms with van der Waals surface area (Å²) in [4.78, 5) is 36.5. The molecule has 0 unspecified atom stereocenters. The summed E-state index contributed by atoms with van der Waals surface area (Å²) in [5.74, 6) is -1.78. The Morgan fingerprint density at radius 3 is 1.93 bits per heavy atom. The van der Waals surface area contributed by atoms with Crippen LogP contribution in [-0.2, 0) is 11.2 Å². The van der Waals surface area contributed by atoms with Crippen molar-refractivity contribution in [3.8, 4) is 0 Å². The second-order valence-corrected chi connectivity index (χ2v) is 6.53. The van der Waals surface area contributed by atoms with Gasteiger partial charge in [0.15, 0.2) is 5.78 Å². The molecular formula is C23H19FN2O3. The molecule has 0 aliphatic heterocycles. The topological polar surface area (TPSA) is 89.3 Å². The average Bonchev–Trinajstić information content (AvgIpc) is 2.74. The van der Waals surface area contributed by atoms with E-state index in [2.05, 4.69) is 5.32 Å². The number of carbonyl (C=O) groups excluding carboxylic acids is 3. The van der Waals surface area contributed by atoms with Crippen molar-refractivity contribution in [1.82, 2.24) is 5.32 Å². The highest BCUT2D eigenvalue weighted by Crippen LogP contribution is 2.13. The van der Waals surface area contributed by atoms with Crippen LogP contribution < -0.4 is 11.1 Å². The Morgan fingerprint density at radius 1 is 0.793 bits per heavy atom. The molecule has 0 saturated carbocycles. The molecule has 0 heterocycles. The standard InChI is InChI=1S/C23H19FN2O3/c24-19-12-10-18(11-13-19)23(29)26-20(22(25)28)14-15-6-8-17(9-7-15)21(27)16-4-2-1-3-5-16/h1-13,20H,14H2,(H2,25,28)(H,26,29)/t20-/m1/s1. The van der Waals surface area contributed by atoms with E-state index < -0.39 is 23.7 Å². The Morgan fingerprint density at radius 2 is 1.34 bits per heavy atom. The monoisotopic (exact) mass is 390 g/mol. The van der Waals surface area contributed by atoms with Crippen molar-refractivity contribution < 1.29 is 18.8 Å². The maximum Gasteiger partial charge on any atom is 0.251 e. The van der Waals surface area contributed by atoms with Crippen LogP contribution in [0.2, 0.25) is 0 Å². The highest BCUT2D eigenvalue weighted by atomic mass is 19.1. The lowest BCUT2D eigenvalue weighted by Crippen LogP contribution is -2.45. The lowest BCUT2D eigenvalue weighted by atomic mass is 9.99. The SMILES string of the molecule is NC(=O)[C@@H](Cc1ccc(C(=O)c2ccccc2)cc1)NC(=O)c1ccc(F)cc1. The van der Waals surface area contributed by atoms with Crippen molar-refractivity contribution in [2.75, 3.05) is 0 Å². The van der Waals surface area contributed by atoms with Crippen LogP contribution >= 0.6 is 0 Å². The van der Waals surface area contributed by atoms with Gasteiger partial charge in [-0.3, -0.25) is 14.4 Å². The fourth-order valence-corrected chi connectivity index (χ4v) is 2.85. The number of carbonyl (C=O) groups is 3. The Labute approximate surface area is 167 Å². The van der Waals surface area contributed by atoms with E-state index >= 15 is 0 Å². The first-order valence-electron chi connectivity index (χ1n) is 8.98. The van der Waals surface area contributed by atoms with Crippen molar-refractivity contribution in [3.05, 3.63) is 107 Å². The molecule has 0 fully saturated rings. The molecule has 2 amide bonds. The molecule has 0 aliphatic carbocycles. The minimum absolute atomic E-state index is 0.104. The van der Waals surface area contributed by atoms with Crippen molar-refractivity contribution in [2.24, 2.45) is 5.73 Å². The summed E-state index contributed by atoms with van der Waals surface area (Å²) in [7, 11) is 0. The van der Waals surface area contributed by atoms with Crippen molar-refractivity contribution in [3.63, 3.8) is 0 Å². The van der Waals surface area contributed by atoms with Gasteiger partial charge in [0.1, 0.15) is 11.9 Å². The van der Waals surface area contributed by atoms with Crippen LogP contribution in [0.3, 0.4) is 0 Å². The normalized spacial score (nSPS) is 11.5. The van der Waals surface area contributed by atoms with Gasteiger partial charge in [-0.2, -0.15) is 0 Å². The summed E-state index contributed by atoms with van der Waals surface area (Å²) in [5.41, 5.74) is 7.48. The Hall–Kier alpha value is -3.80. The van der Waals surface area contributed by atoms with Crippen molar-refractivity contribution >= 4 is 17.6 Å². The number of halogens is 1. The molecule has 0 aliphatic rings. The number of rotatable bonds is 7. The molecule has 3 aromatic carbocycles. The first-order valence-corrected chi connectivity index (χ1v) is 8.98. The number of primary amides is 1. The van der Waals surface area contributed by atoms with E-state index in [0.29, 0.717) is 11.1 Å². The average molecular weight is 390 g/mol. The van der Waals surface area contributed by atoms with Gasteiger partial charge in [-0.1, -0.05) is 54.6 Å². The minimum Gasteiger partial charge on any atom is -0.368 e. The largest absolute Gasteiger partial charge is 0.368 e. The molecule has 5 nitrogen and oxygen atoms in total. The zero-order chi connectivity index (χ0) is 20.8. The summed E-state index contributed by atoms with van der Waals surface area (Å²) in [6.07, 6.45) is 0.169. The second kappa shape index (κ2) is 8.93. The molecule has 1 atom stereocenters. The maximum atomic E-state index is 13.0. The van der Waals surface area contributed by atoms with E-state index in [9.17, 15) is 18.8 Å². The van der Waals surface area contributed by atoms with Crippen LogP contribution in [0, 0.1) is 5.82 Å². The van der Waals surface area contributed by atoms with E-state index in [0.717, 1.165) is 17.7 Å². The van der Waals surface area contributed by atoms with Gasteiger partial charge in [0, 0.05) is 23.1 Å². The Bertz CT molecular complexity index is 1020. The Balaban J connectivity index is 1.69. The molecule has 3 rings (SSSR count). The maximum absolute atomic E-state index is 13.0. The van der Waals surface area contributed by atoms with Gasteiger partial charge in [0.25, 0.3) is 5.91 Å². The van der Waals surface area contributed by atoms with E-state index in [1.807, 2.05) is 6.07 Å². The third-order valence-electron chi connectivity index (χ3n) is 4.45. The summed E-state index contributed by atoms with van der Waals surface area (Å²) in [6.45, 7) is 0. The molecule has 6 heteroatoms. The van der Waals surface area contributed by atoms with Crippen LogP contribution in [0.15, 0.2) is 78.9 Å². The summed E-state index contributed by atoms with van der Waals surface area (Å²) in [5, 5.41) is 2.56. The minimum atomic E-state index is -0.941. The lowest BCUT2D eigenvalue weighted by molar-refractivity contribution is -0.119. The molecule has 0 bridgehead atoms. The van der Waals surface area contributed by atoms with Crippen LogP contribution in [0.4, 0.5) is 4.39 Å². The van der Waals surface area contributed by atoms with Crippen LogP contribution in [0.5, 0.6) is 0 Å². The predicted molar refractivity (Wildman–Crippen MR) is 107 cm³/mol. The summed E-state index contributed by atoms with van der Waals surface area (Å²) < 4.78 is 13.0. The van der Waals surface area contributed by atoms with Crippen LogP contribution in [0.25, 0.3) is 0 Å². The van der Waals surface area contributed by atoms with Crippen LogP contribution in [-0.4, -0.2) is 23.6 Å². The molecule has 29 heavy (non-hydrogen) atoms. The van der Waals surface area contributed by atoms with Crippen molar-refractivity contribution in [2.45, 2.75) is 12.5 Å². The van der Waals surface area contributed by atoms with Gasteiger partial charge >= 0.3 is 0 Å². The number of benzene rings is 3. The first kappa shape index (κ1) is 19.9. The highest BCUT2D eigenvalue weighted by molar-refractivity contribution is 6.08. The molecule has 0 aromatic heterocycles. The van der Waals surface area contributed by atoms with Gasteiger partial charge in [-0.05, 0) is 29.8 Å². The van der Waals surface area contributed by atoms with Crippen LogP contribution in [0.1, 0.15) is 31.8 Å². The zero-order valence-corrected chi connectivity index (χ0v) is 15.5.